The lowest BCUT2D eigenvalue weighted by atomic mass is 9.82. The van der Waals surface area contributed by atoms with Crippen molar-refractivity contribution in [3.8, 4) is 5.75 Å². The van der Waals surface area contributed by atoms with Crippen LogP contribution in [0.5, 0.6) is 5.75 Å². The molecule has 0 bridgehead atoms. The van der Waals surface area contributed by atoms with Crippen LogP contribution in [0, 0.1) is 5.41 Å². The predicted octanol–water partition coefficient (Wildman–Crippen LogP) is 3.95. The van der Waals surface area contributed by atoms with Gasteiger partial charge < -0.3 is 9.47 Å². The number of hydrogen-bond donors (Lipinski definition) is 0. The van der Waals surface area contributed by atoms with Gasteiger partial charge in [-0.25, -0.2) is 0 Å². The summed E-state index contributed by atoms with van der Waals surface area (Å²) >= 11 is 0. The van der Waals surface area contributed by atoms with Gasteiger partial charge in [0.25, 0.3) is 0 Å². The number of aryl methyl sites for hydroxylation is 1. The number of aromatic nitrogens is 1. The maximum atomic E-state index is 5.89. The third kappa shape index (κ3) is 4.83. The van der Waals surface area contributed by atoms with E-state index in [1.807, 2.05) is 30.6 Å². The normalized spacial score (nSPS) is 20.4. The van der Waals surface area contributed by atoms with Crippen LogP contribution in [0.3, 0.4) is 0 Å². The third-order valence-corrected chi connectivity index (χ3v) is 5.38. The average molecular weight is 354 g/mol. The van der Waals surface area contributed by atoms with Crippen molar-refractivity contribution in [3.05, 3.63) is 59.9 Å². The van der Waals surface area contributed by atoms with Gasteiger partial charge in [-0.3, -0.25) is 9.88 Å². The van der Waals surface area contributed by atoms with Crippen LogP contribution in [-0.2, 0) is 17.7 Å². The van der Waals surface area contributed by atoms with Gasteiger partial charge >= 0.3 is 0 Å². The molecule has 2 aromatic rings. The monoisotopic (exact) mass is 354 g/mol. The first-order valence-corrected chi connectivity index (χ1v) is 9.55. The lowest BCUT2D eigenvalue weighted by Crippen LogP contribution is -2.32. The second kappa shape index (κ2) is 9.15. The topological polar surface area (TPSA) is 34.6 Å². The molecule has 0 aliphatic carbocycles. The lowest BCUT2D eigenvalue weighted by Gasteiger charge is -2.29. The number of nitrogens with zero attached hydrogens (tertiary/aromatic N) is 2. The fourth-order valence-electron chi connectivity index (χ4n) is 3.93. The molecule has 3 rings (SSSR count). The van der Waals surface area contributed by atoms with Gasteiger partial charge in [-0.05, 0) is 56.0 Å². The molecule has 4 heteroatoms. The Balaban J connectivity index is 1.65. The molecule has 2 heterocycles. The summed E-state index contributed by atoms with van der Waals surface area (Å²) in [6, 6.07) is 12.5. The predicted molar refractivity (Wildman–Crippen MR) is 104 cm³/mol. The molecule has 1 aromatic heterocycles. The first-order valence-electron chi connectivity index (χ1n) is 9.55. The van der Waals surface area contributed by atoms with Crippen molar-refractivity contribution in [2.24, 2.45) is 5.41 Å². The molecule has 0 amide bonds. The van der Waals surface area contributed by atoms with Gasteiger partial charge in [-0.2, -0.15) is 0 Å². The largest absolute Gasteiger partial charge is 0.496 e. The van der Waals surface area contributed by atoms with Crippen LogP contribution in [0.1, 0.15) is 30.9 Å². The molecule has 1 aliphatic rings. The van der Waals surface area contributed by atoms with E-state index in [2.05, 4.69) is 35.0 Å². The molecule has 140 valence electrons. The van der Waals surface area contributed by atoms with Gasteiger partial charge in [-0.15, -0.1) is 0 Å². The molecule has 1 saturated heterocycles. The molecular formula is C22H30N2O2. The van der Waals surface area contributed by atoms with E-state index in [0.717, 1.165) is 51.4 Å². The number of likely N-dealkylation sites (tertiary alicyclic amines) is 1. The maximum absolute atomic E-state index is 5.89. The smallest absolute Gasteiger partial charge is 0.122 e. The standard InChI is InChI=1S/C22H30N2O2/c1-3-26-18-22(11-10-20-8-4-5-9-21(20)25-2)12-14-24(17-22)16-19-7-6-13-23-15-19/h4-9,13,15H,3,10-12,14,16-18H2,1-2H3/t22-/m0/s1. The lowest BCUT2D eigenvalue weighted by molar-refractivity contribution is 0.0488. The minimum atomic E-state index is 0.221. The molecule has 0 spiro atoms. The van der Waals surface area contributed by atoms with Gasteiger partial charge in [-0.1, -0.05) is 24.3 Å². The van der Waals surface area contributed by atoms with Crippen LogP contribution in [-0.4, -0.2) is 43.3 Å². The van der Waals surface area contributed by atoms with Crippen LogP contribution in [0.4, 0.5) is 0 Å². The van der Waals surface area contributed by atoms with Gasteiger partial charge in [0.15, 0.2) is 0 Å². The zero-order valence-corrected chi connectivity index (χ0v) is 16.0. The van der Waals surface area contributed by atoms with Gasteiger partial charge in [0, 0.05) is 37.5 Å². The summed E-state index contributed by atoms with van der Waals surface area (Å²) in [5.74, 6) is 0.990. The second-order valence-electron chi connectivity index (χ2n) is 7.27. The van der Waals surface area contributed by atoms with Gasteiger partial charge in [0.2, 0.25) is 0 Å². The van der Waals surface area contributed by atoms with E-state index in [-0.39, 0.29) is 5.41 Å². The highest BCUT2D eigenvalue weighted by atomic mass is 16.5. The van der Waals surface area contributed by atoms with Crippen molar-refractivity contribution in [2.45, 2.75) is 32.7 Å². The molecule has 0 radical (unpaired) electrons. The Kier molecular flexibility index (Phi) is 6.64. The molecule has 0 saturated carbocycles. The number of pyridine rings is 1. The van der Waals surface area contributed by atoms with Crippen molar-refractivity contribution >= 4 is 0 Å². The first kappa shape index (κ1) is 18.9. The van der Waals surface area contributed by atoms with Crippen LogP contribution >= 0.6 is 0 Å². The summed E-state index contributed by atoms with van der Waals surface area (Å²) in [4.78, 5) is 6.78. The minimum Gasteiger partial charge on any atom is -0.496 e. The minimum absolute atomic E-state index is 0.221. The van der Waals surface area contributed by atoms with Crippen molar-refractivity contribution in [1.82, 2.24) is 9.88 Å². The van der Waals surface area contributed by atoms with Crippen molar-refractivity contribution < 1.29 is 9.47 Å². The Morgan fingerprint density at radius 1 is 1.19 bits per heavy atom. The van der Waals surface area contributed by atoms with E-state index in [1.54, 1.807) is 7.11 Å². The highest BCUT2D eigenvalue weighted by molar-refractivity contribution is 5.33. The summed E-state index contributed by atoms with van der Waals surface area (Å²) in [5.41, 5.74) is 2.79. The molecule has 0 unspecified atom stereocenters. The number of ether oxygens (including phenoxy) is 2. The number of hydrogen-bond acceptors (Lipinski definition) is 4. The SMILES string of the molecule is CCOC[C@@]1(CCc2ccccc2OC)CCN(Cc2cccnc2)C1. The fourth-order valence-corrected chi connectivity index (χ4v) is 3.93. The summed E-state index contributed by atoms with van der Waals surface area (Å²) in [6.07, 6.45) is 7.13. The Morgan fingerprint density at radius 2 is 2.08 bits per heavy atom. The second-order valence-corrected chi connectivity index (χ2v) is 7.27. The first-order chi connectivity index (χ1) is 12.7. The summed E-state index contributed by atoms with van der Waals surface area (Å²) in [5, 5.41) is 0. The molecule has 26 heavy (non-hydrogen) atoms. The third-order valence-electron chi connectivity index (χ3n) is 5.38. The Bertz CT molecular complexity index is 677. The summed E-state index contributed by atoms with van der Waals surface area (Å²) in [6.45, 7) is 6.86. The Labute approximate surface area is 157 Å². The highest BCUT2D eigenvalue weighted by Crippen LogP contribution is 2.37. The Hall–Kier alpha value is -1.91. The van der Waals surface area contributed by atoms with E-state index >= 15 is 0 Å². The van der Waals surface area contributed by atoms with Crippen LogP contribution < -0.4 is 4.74 Å². The van der Waals surface area contributed by atoms with Crippen molar-refractivity contribution in [1.29, 1.82) is 0 Å². The van der Waals surface area contributed by atoms with E-state index in [4.69, 9.17) is 9.47 Å². The zero-order chi connectivity index (χ0) is 18.2. The average Bonchev–Trinajstić information content (AvgIpc) is 3.09. The zero-order valence-electron chi connectivity index (χ0n) is 16.0. The quantitative estimate of drug-likeness (QED) is 0.683. The number of methoxy groups -OCH3 is 1. The summed E-state index contributed by atoms with van der Waals surface area (Å²) in [7, 11) is 1.75. The molecule has 1 fully saturated rings. The Morgan fingerprint density at radius 3 is 2.85 bits per heavy atom. The molecule has 4 nitrogen and oxygen atoms in total. The van der Waals surface area contributed by atoms with E-state index < -0.39 is 0 Å². The molecule has 1 aromatic carbocycles. The van der Waals surface area contributed by atoms with Crippen LogP contribution in [0.2, 0.25) is 0 Å². The molecule has 0 N–H and O–H groups in total. The number of rotatable bonds is 9. The van der Waals surface area contributed by atoms with E-state index in [9.17, 15) is 0 Å². The molecule has 1 atom stereocenters. The number of para-hydroxylation sites is 1. The molecule has 1 aliphatic heterocycles. The number of benzene rings is 1. The van der Waals surface area contributed by atoms with E-state index in [0.29, 0.717) is 0 Å². The van der Waals surface area contributed by atoms with Crippen molar-refractivity contribution in [2.75, 3.05) is 33.4 Å². The van der Waals surface area contributed by atoms with Gasteiger partial charge in [0.05, 0.1) is 13.7 Å². The highest BCUT2D eigenvalue weighted by Gasteiger charge is 2.38. The van der Waals surface area contributed by atoms with E-state index in [1.165, 1.54) is 17.5 Å². The fraction of sp³-hybridized carbons (Fsp3) is 0.500. The van der Waals surface area contributed by atoms with Crippen LogP contribution in [0.15, 0.2) is 48.8 Å². The maximum Gasteiger partial charge on any atom is 0.122 e. The van der Waals surface area contributed by atoms with Crippen LogP contribution in [0.25, 0.3) is 0 Å². The summed E-state index contributed by atoms with van der Waals surface area (Å²) < 4.78 is 11.4. The van der Waals surface area contributed by atoms with Crippen molar-refractivity contribution in [3.63, 3.8) is 0 Å². The molecular weight excluding hydrogens is 324 g/mol. The van der Waals surface area contributed by atoms with Gasteiger partial charge in [0.1, 0.15) is 5.75 Å².